The van der Waals surface area contributed by atoms with Crippen LogP contribution in [0.1, 0.15) is 39.4 Å². The summed E-state index contributed by atoms with van der Waals surface area (Å²) in [5.41, 5.74) is 7.12. The zero-order valence-electron chi connectivity index (χ0n) is 17.3. The Hall–Kier alpha value is -2.88. The summed E-state index contributed by atoms with van der Waals surface area (Å²) in [7, 11) is 0. The van der Waals surface area contributed by atoms with Crippen LogP contribution in [-0.2, 0) is 16.9 Å². The largest absolute Gasteiger partial charge is 0.368 e. The van der Waals surface area contributed by atoms with E-state index in [1.807, 2.05) is 20.8 Å². The summed E-state index contributed by atoms with van der Waals surface area (Å²) in [6.07, 6.45) is 3.59. The van der Waals surface area contributed by atoms with E-state index in [1.54, 1.807) is 12.4 Å². The van der Waals surface area contributed by atoms with E-state index in [0.29, 0.717) is 47.9 Å². The summed E-state index contributed by atoms with van der Waals surface area (Å²) >= 11 is 0. The quantitative estimate of drug-likeness (QED) is 0.674. The molecule has 1 aliphatic heterocycles. The summed E-state index contributed by atoms with van der Waals surface area (Å²) in [5, 5.41) is 3.43. The molecule has 0 spiro atoms. The number of nitrogens with zero attached hydrogens (tertiary/aromatic N) is 6. The van der Waals surface area contributed by atoms with Crippen LogP contribution in [0.4, 0.5) is 16.2 Å². The number of nitrogens with two attached hydrogens (primary N) is 1. The lowest BCUT2D eigenvalue weighted by atomic mass is 10.1. The van der Waals surface area contributed by atoms with Crippen LogP contribution in [0, 0.1) is 5.92 Å². The first-order valence-electron chi connectivity index (χ1n) is 10.2. The van der Waals surface area contributed by atoms with Crippen molar-refractivity contribution in [2.24, 2.45) is 5.92 Å². The van der Waals surface area contributed by atoms with Crippen LogP contribution in [-0.4, -0.2) is 48.3 Å². The van der Waals surface area contributed by atoms with Crippen molar-refractivity contribution in [1.82, 2.24) is 29.5 Å². The molecular formula is C20H25FN8O. The number of imidazole rings is 1. The molecule has 3 aromatic heterocycles. The minimum atomic E-state index is -0.813. The number of rotatable bonds is 3. The Bertz CT molecular complexity index is 1090. The number of hydrogen-bond donors (Lipinski definition) is 2. The van der Waals surface area contributed by atoms with Crippen LogP contribution in [0.2, 0.25) is 0 Å². The predicted octanol–water partition coefficient (Wildman–Crippen LogP) is 2.68. The lowest BCUT2D eigenvalue weighted by Gasteiger charge is -2.30. The van der Waals surface area contributed by atoms with Gasteiger partial charge in [0.1, 0.15) is 17.6 Å². The molecule has 3 N–H and O–H groups in total. The second-order valence-corrected chi connectivity index (χ2v) is 8.65. The van der Waals surface area contributed by atoms with Gasteiger partial charge < -0.3 is 20.4 Å². The van der Waals surface area contributed by atoms with Crippen molar-refractivity contribution in [1.29, 1.82) is 0 Å². The number of aromatic nitrogens is 6. The predicted molar refractivity (Wildman–Crippen MR) is 110 cm³/mol. The third kappa shape index (κ3) is 3.15. The third-order valence-electron chi connectivity index (χ3n) is 5.97. The fraction of sp³-hybridized carbons (Fsp3) is 0.550. The highest BCUT2D eigenvalue weighted by molar-refractivity contribution is 5.86. The van der Waals surface area contributed by atoms with Crippen LogP contribution >= 0.6 is 0 Å². The highest BCUT2D eigenvalue weighted by Gasteiger charge is 2.35. The van der Waals surface area contributed by atoms with Crippen LogP contribution in [0.5, 0.6) is 0 Å². The van der Waals surface area contributed by atoms with E-state index in [1.165, 1.54) is 0 Å². The number of nitrogens with one attached hydrogen (secondary N) is 1. The molecule has 3 aromatic rings. The van der Waals surface area contributed by atoms with E-state index < -0.39 is 11.8 Å². The third-order valence-corrected chi connectivity index (χ3v) is 5.97. The zero-order chi connectivity index (χ0) is 21.0. The average molecular weight is 412 g/mol. The van der Waals surface area contributed by atoms with Crippen molar-refractivity contribution in [3.63, 3.8) is 0 Å². The average Bonchev–Trinajstić information content (AvgIpc) is 3.23. The van der Waals surface area contributed by atoms with Gasteiger partial charge in [-0.25, -0.2) is 29.3 Å². The number of nitrogen functional groups attached to an aromatic ring is 1. The SMILES string of the molecule is CC1CC(Nc2nc(-c3cnc(N)nc3)nc3c2nc2n3CCOC2(C)C)CC1F. The number of alkyl halides is 1. The van der Waals surface area contributed by atoms with Gasteiger partial charge in [0.25, 0.3) is 0 Å². The van der Waals surface area contributed by atoms with Crippen LogP contribution < -0.4 is 11.1 Å². The summed E-state index contributed by atoms with van der Waals surface area (Å²) in [4.78, 5) is 22.5. The molecule has 0 radical (unpaired) electrons. The zero-order valence-corrected chi connectivity index (χ0v) is 17.3. The molecular weight excluding hydrogens is 387 g/mol. The number of anilines is 2. The summed E-state index contributed by atoms with van der Waals surface area (Å²) in [6, 6.07) is -0.00777. The lowest BCUT2D eigenvalue weighted by Crippen LogP contribution is -2.33. The maximum absolute atomic E-state index is 14.1. The molecule has 0 amide bonds. The maximum atomic E-state index is 14.1. The molecule has 158 valence electrons. The first-order valence-corrected chi connectivity index (χ1v) is 10.2. The maximum Gasteiger partial charge on any atom is 0.219 e. The molecule has 10 heteroatoms. The number of fused-ring (bicyclic) bond motifs is 3. The Morgan fingerprint density at radius 3 is 2.67 bits per heavy atom. The Kier molecular flexibility index (Phi) is 4.35. The normalized spacial score (nSPS) is 25.4. The fourth-order valence-corrected chi connectivity index (χ4v) is 4.32. The molecule has 0 saturated heterocycles. The van der Waals surface area contributed by atoms with Crippen molar-refractivity contribution in [3.05, 3.63) is 18.2 Å². The molecule has 1 aliphatic carbocycles. The summed E-state index contributed by atoms with van der Waals surface area (Å²) in [6.45, 7) is 7.14. The smallest absolute Gasteiger partial charge is 0.219 e. The van der Waals surface area contributed by atoms with Gasteiger partial charge in [-0.2, -0.15) is 0 Å². The highest BCUT2D eigenvalue weighted by atomic mass is 19.1. The van der Waals surface area contributed by atoms with Gasteiger partial charge in [-0.05, 0) is 32.6 Å². The monoisotopic (exact) mass is 412 g/mol. The molecule has 3 unspecified atom stereocenters. The standard InChI is InChI=1S/C20H25FN8O/c1-10-6-12(7-13(10)21)25-16-14-17(29-4-5-30-20(2,3)18(29)26-14)28-15(27-16)11-8-23-19(22)24-9-11/h8-10,12-13H,4-7H2,1-3H3,(H2,22,23,24)(H,25,27,28). The minimum Gasteiger partial charge on any atom is -0.368 e. The molecule has 5 rings (SSSR count). The molecule has 4 heterocycles. The van der Waals surface area contributed by atoms with E-state index in [4.69, 9.17) is 25.4 Å². The van der Waals surface area contributed by atoms with Crippen molar-refractivity contribution in [3.8, 4) is 11.4 Å². The molecule has 0 bridgehead atoms. The highest BCUT2D eigenvalue weighted by Crippen LogP contribution is 2.36. The summed E-state index contributed by atoms with van der Waals surface area (Å²) in [5.74, 6) is 2.07. The number of ether oxygens (including phenoxy) is 1. The van der Waals surface area contributed by atoms with E-state index in [-0.39, 0.29) is 17.9 Å². The molecule has 3 atom stereocenters. The van der Waals surface area contributed by atoms with Gasteiger partial charge in [-0.3, -0.25) is 0 Å². The van der Waals surface area contributed by atoms with Gasteiger partial charge in [0.05, 0.1) is 12.2 Å². The van der Waals surface area contributed by atoms with Crippen LogP contribution in [0.3, 0.4) is 0 Å². The van der Waals surface area contributed by atoms with Crippen molar-refractivity contribution < 1.29 is 9.13 Å². The Labute approximate surface area is 173 Å². The van der Waals surface area contributed by atoms with Gasteiger partial charge in [-0.1, -0.05) is 6.92 Å². The van der Waals surface area contributed by atoms with Gasteiger partial charge in [0.15, 0.2) is 22.8 Å². The van der Waals surface area contributed by atoms with Gasteiger partial charge in [-0.15, -0.1) is 0 Å². The van der Waals surface area contributed by atoms with Crippen molar-refractivity contribution in [2.45, 2.75) is 58.0 Å². The fourth-order valence-electron chi connectivity index (χ4n) is 4.32. The molecule has 1 fully saturated rings. The second-order valence-electron chi connectivity index (χ2n) is 8.65. The molecule has 1 saturated carbocycles. The van der Waals surface area contributed by atoms with Gasteiger partial charge in [0.2, 0.25) is 5.95 Å². The molecule has 9 nitrogen and oxygen atoms in total. The molecule has 0 aromatic carbocycles. The number of hydrogen-bond acceptors (Lipinski definition) is 8. The topological polar surface area (TPSA) is 117 Å². The Balaban J connectivity index is 1.66. The second kappa shape index (κ2) is 6.83. The van der Waals surface area contributed by atoms with Crippen LogP contribution in [0.15, 0.2) is 12.4 Å². The molecule has 2 aliphatic rings. The first kappa shape index (κ1) is 19.1. The number of halogens is 1. The van der Waals surface area contributed by atoms with E-state index in [9.17, 15) is 4.39 Å². The van der Waals surface area contributed by atoms with Crippen LogP contribution in [0.25, 0.3) is 22.6 Å². The van der Waals surface area contributed by atoms with Crippen molar-refractivity contribution in [2.75, 3.05) is 17.7 Å². The van der Waals surface area contributed by atoms with E-state index in [0.717, 1.165) is 12.2 Å². The van der Waals surface area contributed by atoms with Crippen molar-refractivity contribution >= 4 is 22.9 Å². The first-order chi connectivity index (χ1) is 14.3. The van der Waals surface area contributed by atoms with Gasteiger partial charge >= 0.3 is 0 Å². The summed E-state index contributed by atoms with van der Waals surface area (Å²) < 4.78 is 22.1. The van der Waals surface area contributed by atoms with Gasteiger partial charge in [0, 0.05) is 25.0 Å². The van der Waals surface area contributed by atoms with E-state index >= 15 is 0 Å². The lowest BCUT2D eigenvalue weighted by molar-refractivity contribution is -0.0530. The Morgan fingerprint density at radius 2 is 1.97 bits per heavy atom. The Morgan fingerprint density at radius 1 is 1.20 bits per heavy atom. The van der Waals surface area contributed by atoms with E-state index in [2.05, 4.69) is 19.9 Å². The minimum absolute atomic E-state index is 0.00777. The molecule has 30 heavy (non-hydrogen) atoms.